The van der Waals surface area contributed by atoms with Gasteiger partial charge in [-0.1, -0.05) is 30.7 Å². The van der Waals surface area contributed by atoms with E-state index < -0.39 is 27.7 Å². The topological polar surface area (TPSA) is 75.3 Å². The number of amides is 1. The third-order valence-electron chi connectivity index (χ3n) is 3.33. The van der Waals surface area contributed by atoms with Gasteiger partial charge in [0.1, 0.15) is 5.82 Å². The Morgan fingerprint density at radius 2 is 1.79 bits per heavy atom. The Bertz CT molecular complexity index is 820. The molecule has 1 atom stereocenters. The first-order chi connectivity index (χ1) is 11.2. The molecule has 0 saturated carbocycles. The number of carbonyl (C=O) groups excluding carboxylic acids is 1. The predicted octanol–water partition coefficient (Wildman–Crippen LogP) is 3.15. The highest BCUT2D eigenvalue weighted by Crippen LogP contribution is 2.14. The summed E-state index contributed by atoms with van der Waals surface area (Å²) in [7, 11) is -3.68. The van der Waals surface area contributed by atoms with Gasteiger partial charge in [-0.15, -0.1) is 0 Å². The summed E-state index contributed by atoms with van der Waals surface area (Å²) in [6, 6.07) is 12.3. The lowest BCUT2D eigenvalue weighted by Gasteiger charge is -2.14. The molecule has 0 heterocycles. The van der Waals surface area contributed by atoms with Crippen molar-refractivity contribution in [3.05, 3.63) is 59.9 Å². The van der Waals surface area contributed by atoms with Crippen LogP contribution in [-0.2, 0) is 14.8 Å². The molecular formula is C17H19FN2O3S. The maximum atomic E-state index is 13.1. The number of halogens is 1. The van der Waals surface area contributed by atoms with Crippen molar-refractivity contribution in [2.24, 2.45) is 5.92 Å². The fraction of sp³-hybridized carbons (Fsp3) is 0.235. The summed E-state index contributed by atoms with van der Waals surface area (Å²) >= 11 is 0. The highest BCUT2D eigenvalue weighted by Gasteiger charge is 2.21. The number of benzene rings is 2. The van der Waals surface area contributed by atoms with Crippen molar-refractivity contribution in [2.75, 3.05) is 15.8 Å². The summed E-state index contributed by atoms with van der Waals surface area (Å²) in [5.41, 5.74) is 1.75. The third-order valence-corrected chi connectivity index (χ3v) is 4.82. The maximum absolute atomic E-state index is 13.1. The fourth-order valence-corrected chi connectivity index (χ4v) is 3.47. The molecule has 2 N–H and O–H groups in total. The van der Waals surface area contributed by atoms with Crippen LogP contribution in [0.25, 0.3) is 0 Å². The first kappa shape index (κ1) is 17.9. The summed E-state index contributed by atoms with van der Waals surface area (Å²) in [4.78, 5) is 12.1. The van der Waals surface area contributed by atoms with Gasteiger partial charge < -0.3 is 5.32 Å². The molecule has 0 aromatic heterocycles. The van der Waals surface area contributed by atoms with Crippen LogP contribution in [0.15, 0.2) is 48.5 Å². The van der Waals surface area contributed by atoms with Crippen LogP contribution in [0.2, 0.25) is 0 Å². The third kappa shape index (κ3) is 5.34. The van der Waals surface area contributed by atoms with Crippen LogP contribution in [0.5, 0.6) is 0 Å². The molecule has 0 bridgehead atoms. The van der Waals surface area contributed by atoms with Crippen molar-refractivity contribution in [1.82, 2.24) is 0 Å². The van der Waals surface area contributed by atoms with Gasteiger partial charge in [0.25, 0.3) is 0 Å². The second-order valence-electron chi connectivity index (χ2n) is 5.65. The van der Waals surface area contributed by atoms with Crippen molar-refractivity contribution in [1.29, 1.82) is 0 Å². The van der Waals surface area contributed by atoms with E-state index in [1.54, 1.807) is 24.3 Å². The molecule has 7 heteroatoms. The zero-order valence-corrected chi connectivity index (χ0v) is 14.2. The van der Waals surface area contributed by atoms with Crippen molar-refractivity contribution in [3.63, 3.8) is 0 Å². The Morgan fingerprint density at radius 1 is 1.12 bits per heavy atom. The SMILES string of the molecule is Cc1ccc(NS(=O)(=O)CC(C)C(=O)Nc2cccc(F)c2)cc1. The molecule has 0 radical (unpaired) electrons. The molecule has 5 nitrogen and oxygen atoms in total. The quantitative estimate of drug-likeness (QED) is 0.840. The Morgan fingerprint density at radius 3 is 2.42 bits per heavy atom. The van der Waals surface area contributed by atoms with E-state index in [1.165, 1.54) is 31.2 Å². The van der Waals surface area contributed by atoms with Crippen molar-refractivity contribution >= 4 is 27.3 Å². The van der Waals surface area contributed by atoms with Crippen LogP contribution in [0, 0.1) is 18.7 Å². The molecule has 24 heavy (non-hydrogen) atoms. The molecular weight excluding hydrogens is 331 g/mol. The van der Waals surface area contributed by atoms with Crippen LogP contribution in [0.1, 0.15) is 12.5 Å². The molecule has 2 aromatic carbocycles. The van der Waals surface area contributed by atoms with Gasteiger partial charge in [-0.2, -0.15) is 0 Å². The van der Waals surface area contributed by atoms with Crippen molar-refractivity contribution in [3.8, 4) is 0 Å². The van der Waals surface area contributed by atoms with E-state index in [2.05, 4.69) is 10.0 Å². The average Bonchev–Trinajstić information content (AvgIpc) is 2.49. The van der Waals surface area contributed by atoms with Gasteiger partial charge in [-0.25, -0.2) is 12.8 Å². The van der Waals surface area contributed by atoms with Crippen molar-refractivity contribution in [2.45, 2.75) is 13.8 Å². The Hall–Kier alpha value is -2.41. The summed E-state index contributed by atoms with van der Waals surface area (Å²) < 4.78 is 39.9. The number of aryl methyl sites for hydroxylation is 1. The lowest BCUT2D eigenvalue weighted by Crippen LogP contribution is -2.29. The molecule has 1 amide bonds. The summed E-state index contributed by atoms with van der Waals surface area (Å²) in [6.07, 6.45) is 0. The summed E-state index contributed by atoms with van der Waals surface area (Å²) in [5.74, 6) is -2.14. The Balaban J connectivity index is 1.97. The van der Waals surface area contributed by atoms with E-state index in [1.807, 2.05) is 6.92 Å². The van der Waals surface area contributed by atoms with E-state index in [0.717, 1.165) is 5.56 Å². The second-order valence-corrected chi connectivity index (χ2v) is 7.42. The largest absolute Gasteiger partial charge is 0.326 e. The number of carbonyl (C=O) groups is 1. The first-order valence-electron chi connectivity index (χ1n) is 7.39. The number of sulfonamides is 1. The Kier molecular flexibility index (Phi) is 5.56. The van der Waals surface area contributed by atoms with E-state index in [-0.39, 0.29) is 11.4 Å². The number of rotatable bonds is 6. The average molecular weight is 350 g/mol. The van der Waals surface area contributed by atoms with Gasteiger partial charge in [0.05, 0.1) is 11.7 Å². The number of anilines is 2. The van der Waals surface area contributed by atoms with Crippen LogP contribution < -0.4 is 10.0 Å². The molecule has 0 aliphatic rings. The maximum Gasteiger partial charge on any atom is 0.233 e. The van der Waals surface area contributed by atoms with Gasteiger partial charge in [-0.3, -0.25) is 9.52 Å². The molecule has 1 unspecified atom stereocenters. The van der Waals surface area contributed by atoms with Gasteiger partial charge in [-0.05, 0) is 37.3 Å². The second kappa shape index (κ2) is 7.44. The Labute approximate surface area is 141 Å². The van der Waals surface area contributed by atoms with Crippen LogP contribution in [-0.4, -0.2) is 20.1 Å². The molecule has 0 spiro atoms. The minimum Gasteiger partial charge on any atom is -0.326 e. The number of nitrogens with one attached hydrogen (secondary N) is 2. The van der Waals surface area contributed by atoms with E-state index in [9.17, 15) is 17.6 Å². The highest BCUT2D eigenvalue weighted by atomic mass is 32.2. The molecule has 128 valence electrons. The van der Waals surface area contributed by atoms with Gasteiger partial charge in [0, 0.05) is 11.4 Å². The molecule has 0 fully saturated rings. The van der Waals surface area contributed by atoms with Crippen LogP contribution in [0.4, 0.5) is 15.8 Å². The van der Waals surface area contributed by atoms with Gasteiger partial charge >= 0.3 is 0 Å². The van der Waals surface area contributed by atoms with Gasteiger partial charge in [0.15, 0.2) is 0 Å². The highest BCUT2D eigenvalue weighted by molar-refractivity contribution is 7.92. The number of hydrogen-bond acceptors (Lipinski definition) is 3. The van der Waals surface area contributed by atoms with Crippen LogP contribution >= 0.6 is 0 Å². The number of hydrogen-bond donors (Lipinski definition) is 2. The summed E-state index contributed by atoms with van der Waals surface area (Å²) in [5, 5.41) is 2.51. The first-order valence-corrected chi connectivity index (χ1v) is 9.04. The van der Waals surface area contributed by atoms with Crippen LogP contribution in [0.3, 0.4) is 0 Å². The lowest BCUT2D eigenvalue weighted by atomic mass is 10.2. The molecule has 2 aromatic rings. The zero-order chi connectivity index (χ0) is 17.7. The fourth-order valence-electron chi connectivity index (χ4n) is 2.08. The van der Waals surface area contributed by atoms with Gasteiger partial charge in [0.2, 0.25) is 15.9 Å². The monoisotopic (exact) mass is 350 g/mol. The normalized spacial score (nSPS) is 12.5. The van der Waals surface area contributed by atoms with E-state index in [0.29, 0.717) is 5.69 Å². The summed E-state index contributed by atoms with van der Waals surface area (Å²) in [6.45, 7) is 3.40. The molecule has 0 aliphatic heterocycles. The predicted molar refractivity (Wildman–Crippen MR) is 92.8 cm³/mol. The smallest absolute Gasteiger partial charge is 0.233 e. The molecule has 0 saturated heterocycles. The minimum atomic E-state index is -3.68. The minimum absolute atomic E-state index is 0.288. The molecule has 2 rings (SSSR count). The molecule has 0 aliphatic carbocycles. The van der Waals surface area contributed by atoms with Crippen molar-refractivity contribution < 1.29 is 17.6 Å². The standard InChI is InChI=1S/C17H19FN2O3S/c1-12-6-8-15(9-7-12)20-24(22,23)11-13(2)17(21)19-16-5-3-4-14(18)10-16/h3-10,13,20H,11H2,1-2H3,(H,19,21). The lowest BCUT2D eigenvalue weighted by molar-refractivity contribution is -0.118. The van der Waals surface area contributed by atoms with E-state index in [4.69, 9.17) is 0 Å². The van der Waals surface area contributed by atoms with E-state index >= 15 is 0 Å². The zero-order valence-electron chi connectivity index (χ0n) is 13.4.